The van der Waals surface area contributed by atoms with Gasteiger partial charge in [0.05, 0.1) is 11.7 Å². The summed E-state index contributed by atoms with van der Waals surface area (Å²) in [6, 6.07) is 5.23. The van der Waals surface area contributed by atoms with Crippen molar-refractivity contribution in [2.24, 2.45) is 23.7 Å². The summed E-state index contributed by atoms with van der Waals surface area (Å²) in [6.07, 6.45) is 13.4. The predicted octanol–water partition coefficient (Wildman–Crippen LogP) is 9.08. The minimum absolute atomic E-state index is 0.139. The number of alkyl halides is 2. The molecule has 0 unspecified atom stereocenters. The highest BCUT2D eigenvalue weighted by Gasteiger charge is 2.31. The van der Waals surface area contributed by atoms with E-state index in [0.29, 0.717) is 11.8 Å². The van der Waals surface area contributed by atoms with Crippen molar-refractivity contribution in [2.75, 3.05) is 20.4 Å². The summed E-state index contributed by atoms with van der Waals surface area (Å²) >= 11 is 5.75. The second kappa shape index (κ2) is 14.0. The van der Waals surface area contributed by atoms with E-state index in [1.54, 1.807) is 19.2 Å². The summed E-state index contributed by atoms with van der Waals surface area (Å²) in [5.74, 6) is 3.03. The number of halogens is 4. The lowest BCUT2D eigenvalue weighted by atomic mass is 9.69. The number of rotatable bonds is 6. The lowest BCUT2D eigenvalue weighted by Gasteiger charge is -2.36. The van der Waals surface area contributed by atoms with Gasteiger partial charge in [-0.2, -0.15) is 0 Å². The minimum atomic E-state index is -0.561. The maximum absolute atomic E-state index is 13.6. The predicted molar refractivity (Wildman–Crippen MR) is 131 cm³/mol. The molecule has 0 saturated heterocycles. The van der Waals surface area contributed by atoms with Gasteiger partial charge in [0.25, 0.3) is 0 Å². The first-order valence-electron chi connectivity index (χ1n) is 13.1. The Morgan fingerprint density at radius 3 is 1.97 bits per heavy atom. The van der Waals surface area contributed by atoms with Crippen molar-refractivity contribution < 1.29 is 17.9 Å². The van der Waals surface area contributed by atoms with Crippen molar-refractivity contribution >= 4 is 11.6 Å². The molecule has 0 aromatic heterocycles. The SMILES string of the molecule is COCC1CCC(CCF)CC1.Fc1cc(C2CCC(C3CCC(F)CC3)CC2)ccc1Cl. The van der Waals surface area contributed by atoms with E-state index < -0.39 is 6.17 Å². The number of ether oxygens (including phenoxy) is 1. The zero-order chi connectivity index (χ0) is 23.6. The first-order valence-corrected chi connectivity index (χ1v) is 13.5. The quantitative estimate of drug-likeness (QED) is 0.389. The summed E-state index contributed by atoms with van der Waals surface area (Å²) < 4.78 is 43.9. The molecule has 4 rings (SSSR count). The molecule has 0 radical (unpaired) electrons. The monoisotopic (exact) mass is 486 g/mol. The Hall–Kier alpha value is -0.740. The van der Waals surface area contributed by atoms with E-state index in [9.17, 15) is 13.2 Å². The highest BCUT2D eigenvalue weighted by atomic mass is 35.5. The molecule has 3 aliphatic rings. The van der Waals surface area contributed by atoms with Crippen molar-refractivity contribution in [3.63, 3.8) is 0 Å². The molecule has 3 aliphatic carbocycles. The fourth-order valence-corrected chi connectivity index (χ4v) is 6.43. The van der Waals surface area contributed by atoms with Crippen molar-refractivity contribution in [3.8, 4) is 0 Å². The summed E-state index contributed by atoms with van der Waals surface area (Å²) in [5, 5.41) is 0.204. The van der Waals surface area contributed by atoms with Gasteiger partial charge in [-0.05, 0) is 118 Å². The Balaban J connectivity index is 0.000000218. The Morgan fingerprint density at radius 1 is 0.848 bits per heavy atom. The Morgan fingerprint density at radius 2 is 1.42 bits per heavy atom. The summed E-state index contributed by atoms with van der Waals surface area (Å²) in [5.41, 5.74) is 1.09. The third kappa shape index (κ3) is 8.46. The van der Waals surface area contributed by atoms with E-state index in [2.05, 4.69) is 0 Å². The molecule has 5 heteroatoms. The first kappa shape index (κ1) is 26.9. The van der Waals surface area contributed by atoms with Gasteiger partial charge in [0.1, 0.15) is 12.0 Å². The van der Waals surface area contributed by atoms with Gasteiger partial charge in [-0.25, -0.2) is 8.78 Å². The molecule has 0 atom stereocenters. The van der Waals surface area contributed by atoms with Gasteiger partial charge < -0.3 is 4.74 Å². The van der Waals surface area contributed by atoms with Crippen molar-refractivity contribution in [2.45, 2.75) is 95.6 Å². The van der Waals surface area contributed by atoms with Gasteiger partial charge in [-0.3, -0.25) is 4.39 Å². The molecule has 0 spiro atoms. The zero-order valence-corrected chi connectivity index (χ0v) is 21.0. The second-order valence-corrected chi connectivity index (χ2v) is 11.0. The Bertz CT molecular complexity index is 662. The van der Waals surface area contributed by atoms with Crippen LogP contribution < -0.4 is 0 Å². The van der Waals surface area contributed by atoms with E-state index in [0.717, 1.165) is 74.9 Å². The number of benzene rings is 1. The average Bonchev–Trinajstić information content (AvgIpc) is 2.84. The molecule has 0 amide bonds. The third-order valence-electron chi connectivity index (χ3n) is 8.44. The standard InChI is InChI=1S/C18H23ClF2.C10H19FO/c19-17-10-7-15(11-18(17)21)14-3-1-12(2-4-14)13-5-8-16(20)9-6-13;1-12-8-10-4-2-9(3-5-10)6-7-11/h7,10-14,16H,1-6,8-9H2;9-10H,2-8H2,1H3. The van der Waals surface area contributed by atoms with Crippen LogP contribution in [0.1, 0.15) is 95.0 Å². The molecule has 0 heterocycles. The molecule has 1 aromatic carbocycles. The molecule has 188 valence electrons. The lowest BCUT2D eigenvalue weighted by molar-refractivity contribution is 0.116. The molecule has 0 bridgehead atoms. The smallest absolute Gasteiger partial charge is 0.142 e. The van der Waals surface area contributed by atoms with Gasteiger partial charge in [0, 0.05) is 13.7 Å². The van der Waals surface area contributed by atoms with Crippen LogP contribution in [0.2, 0.25) is 5.02 Å². The highest BCUT2D eigenvalue weighted by molar-refractivity contribution is 6.30. The fourth-order valence-electron chi connectivity index (χ4n) is 6.32. The topological polar surface area (TPSA) is 9.23 Å². The van der Waals surface area contributed by atoms with E-state index >= 15 is 0 Å². The van der Waals surface area contributed by atoms with Crippen LogP contribution in [0.15, 0.2) is 18.2 Å². The van der Waals surface area contributed by atoms with E-state index in [-0.39, 0.29) is 17.5 Å². The van der Waals surface area contributed by atoms with Crippen LogP contribution in [0.4, 0.5) is 13.2 Å². The molecular weight excluding hydrogens is 445 g/mol. The minimum Gasteiger partial charge on any atom is -0.384 e. The van der Waals surface area contributed by atoms with E-state index in [4.69, 9.17) is 16.3 Å². The van der Waals surface area contributed by atoms with Crippen LogP contribution >= 0.6 is 11.6 Å². The largest absolute Gasteiger partial charge is 0.384 e. The lowest BCUT2D eigenvalue weighted by Crippen LogP contribution is -2.25. The van der Waals surface area contributed by atoms with Gasteiger partial charge in [-0.15, -0.1) is 0 Å². The van der Waals surface area contributed by atoms with Crippen LogP contribution in [0.3, 0.4) is 0 Å². The molecule has 3 saturated carbocycles. The molecule has 1 nitrogen and oxygen atoms in total. The number of hydrogen-bond donors (Lipinski definition) is 0. The van der Waals surface area contributed by atoms with Crippen LogP contribution in [-0.2, 0) is 4.74 Å². The fraction of sp³-hybridized carbons (Fsp3) is 0.786. The molecule has 0 N–H and O–H groups in total. The van der Waals surface area contributed by atoms with E-state index in [1.807, 2.05) is 6.07 Å². The molecule has 1 aromatic rings. The third-order valence-corrected chi connectivity index (χ3v) is 8.75. The summed E-state index contributed by atoms with van der Waals surface area (Å²) in [6.45, 7) is 0.752. The normalized spacial score (nSPS) is 32.6. The van der Waals surface area contributed by atoms with Crippen LogP contribution in [-0.4, -0.2) is 26.6 Å². The maximum Gasteiger partial charge on any atom is 0.142 e. The highest BCUT2D eigenvalue weighted by Crippen LogP contribution is 2.43. The van der Waals surface area contributed by atoms with Crippen molar-refractivity contribution in [1.29, 1.82) is 0 Å². The second-order valence-electron chi connectivity index (χ2n) is 10.6. The van der Waals surface area contributed by atoms with Crippen LogP contribution in [0.25, 0.3) is 0 Å². The maximum atomic E-state index is 13.6. The Kier molecular flexibility index (Phi) is 11.4. The molecule has 33 heavy (non-hydrogen) atoms. The van der Waals surface area contributed by atoms with Gasteiger partial charge >= 0.3 is 0 Å². The van der Waals surface area contributed by atoms with E-state index in [1.165, 1.54) is 38.5 Å². The van der Waals surface area contributed by atoms with Gasteiger partial charge in [0.15, 0.2) is 0 Å². The number of methoxy groups -OCH3 is 1. The zero-order valence-electron chi connectivity index (χ0n) is 20.2. The first-order chi connectivity index (χ1) is 16.0. The average molecular weight is 487 g/mol. The Labute approximate surface area is 203 Å². The summed E-state index contributed by atoms with van der Waals surface area (Å²) in [4.78, 5) is 0. The van der Waals surface area contributed by atoms with Gasteiger partial charge in [-0.1, -0.05) is 30.5 Å². The van der Waals surface area contributed by atoms with Crippen LogP contribution in [0.5, 0.6) is 0 Å². The van der Waals surface area contributed by atoms with Gasteiger partial charge in [0.2, 0.25) is 0 Å². The van der Waals surface area contributed by atoms with Crippen molar-refractivity contribution in [3.05, 3.63) is 34.6 Å². The molecule has 0 aliphatic heterocycles. The van der Waals surface area contributed by atoms with Crippen molar-refractivity contribution in [1.82, 2.24) is 0 Å². The summed E-state index contributed by atoms with van der Waals surface area (Å²) in [7, 11) is 1.76. The molecular formula is C28H42ClF3O. The molecule has 3 fully saturated rings. The van der Waals surface area contributed by atoms with Crippen LogP contribution in [0, 0.1) is 29.5 Å². The number of hydrogen-bond acceptors (Lipinski definition) is 1.